The quantitative estimate of drug-likeness (QED) is 0.762. The predicted octanol–water partition coefficient (Wildman–Crippen LogP) is 2.84. The third kappa shape index (κ3) is 2.19. The molecule has 3 rings (SSSR count). The molecule has 0 radical (unpaired) electrons. The Labute approximate surface area is 116 Å². The van der Waals surface area contributed by atoms with Crippen LogP contribution in [0.1, 0.15) is 10.4 Å². The van der Waals surface area contributed by atoms with Crippen molar-refractivity contribution in [2.24, 2.45) is 5.73 Å². The van der Waals surface area contributed by atoms with Gasteiger partial charge in [-0.2, -0.15) is 5.10 Å². The first kappa shape index (κ1) is 12.2. The van der Waals surface area contributed by atoms with Gasteiger partial charge in [-0.25, -0.2) is 0 Å². The van der Waals surface area contributed by atoms with Gasteiger partial charge in [0.2, 0.25) is 5.91 Å². The number of nitrogens with one attached hydrogen (secondary N) is 1. The number of hydrogen-bond donors (Lipinski definition) is 2. The maximum absolute atomic E-state index is 11.5. The zero-order valence-corrected chi connectivity index (χ0v) is 10.7. The van der Waals surface area contributed by atoms with Crippen molar-refractivity contribution >= 4 is 5.91 Å². The van der Waals surface area contributed by atoms with E-state index < -0.39 is 5.91 Å². The second kappa shape index (κ2) is 5.01. The van der Waals surface area contributed by atoms with Crippen molar-refractivity contribution in [3.05, 3.63) is 66.2 Å². The maximum Gasteiger partial charge on any atom is 0.249 e. The summed E-state index contributed by atoms with van der Waals surface area (Å²) in [6.45, 7) is 0. The second-order valence-electron chi connectivity index (χ2n) is 4.44. The van der Waals surface area contributed by atoms with E-state index in [-0.39, 0.29) is 0 Å². The fraction of sp³-hybridized carbons (Fsp3) is 0. The summed E-state index contributed by atoms with van der Waals surface area (Å²) in [5.41, 5.74) is 9.27. The molecular formula is C16H13N3O. The van der Waals surface area contributed by atoms with Gasteiger partial charge in [-0.1, -0.05) is 48.5 Å². The van der Waals surface area contributed by atoms with Crippen LogP contribution in [0.5, 0.6) is 0 Å². The number of amides is 1. The highest BCUT2D eigenvalue weighted by Gasteiger charge is 2.12. The predicted molar refractivity (Wildman–Crippen MR) is 78.0 cm³/mol. The van der Waals surface area contributed by atoms with Gasteiger partial charge >= 0.3 is 0 Å². The first-order valence-electron chi connectivity index (χ1n) is 6.26. The minimum atomic E-state index is -0.448. The summed E-state index contributed by atoms with van der Waals surface area (Å²) < 4.78 is 0. The fourth-order valence-corrected chi connectivity index (χ4v) is 2.15. The van der Waals surface area contributed by atoms with E-state index in [1.54, 1.807) is 12.1 Å². The number of rotatable bonds is 3. The number of nitrogens with two attached hydrogens (primary N) is 1. The monoisotopic (exact) mass is 263 g/mol. The van der Waals surface area contributed by atoms with Gasteiger partial charge in [0.05, 0.1) is 11.4 Å². The van der Waals surface area contributed by atoms with Crippen LogP contribution in [0.2, 0.25) is 0 Å². The van der Waals surface area contributed by atoms with Gasteiger partial charge in [0, 0.05) is 16.7 Å². The third-order valence-electron chi connectivity index (χ3n) is 3.13. The van der Waals surface area contributed by atoms with Gasteiger partial charge in [0.15, 0.2) is 0 Å². The van der Waals surface area contributed by atoms with Crippen molar-refractivity contribution in [3.63, 3.8) is 0 Å². The fourth-order valence-electron chi connectivity index (χ4n) is 2.15. The molecule has 0 aliphatic carbocycles. The summed E-state index contributed by atoms with van der Waals surface area (Å²) in [6, 6.07) is 19.0. The Hall–Kier alpha value is -2.88. The number of benzene rings is 2. The normalized spacial score (nSPS) is 10.4. The van der Waals surface area contributed by atoms with Crippen LogP contribution in [-0.2, 0) is 0 Å². The molecule has 98 valence electrons. The SMILES string of the molecule is NC(=O)c1ccccc1-c1cc(-c2ccccc2)n[nH]1. The van der Waals surface area contributed by atoms with Gasteiger partial charge in [-0.15, -0.1) is 0 Å². The number of carbonyl (C=O) groups excluding carboxylic acids is 1. The van der Waals surface area contributed by atoms with Crippen LogP contribution < -0.4 is 5.73 Å². The molecule has 4 nitrogen and oxygen atoms in total. The number of primary amides is 1. The van der Waals surface area contributed by atoms with Gasteiger partial charge in [0.25, 0.3) is 0 Å². The van der Waals surface area contributed by atoms with Crippen molar-refractivity contribution < 1.29 is 4.79 Å². The lowest BCUT2D eigenvalue weighted by Crippen LogP contribution is -2.12. The standard InChI is InChI=1S/C16H13N3O/c17-16(20)13-9-5-4-8-12(13)15-10-14(18-19-15)11-6-2-1-3-7-11/h1-10H,(H2,17,20)(H,18,19). The molecule has 0 fully saturated rings. The molecule has 0 unspecified atom stereocenters. The summed E-state index contributed by atoms with van der Waals surface area (Å²) >= 11 is 0. The molecule has 20 heavy (non-hydrogen) atoms. The topological polar surface area (TPSA) is 71.8 Å². The van der Waals surface area contributed by atoms with Crippen molar-refractivity contribution in [1.82, 2.24) is 10.2 Å². The first-order chi connectivity index (χ1) is 9.75. The van der Waals surface area contributed by atoms with E-state index in [4.69, 9.17) is 5.73 Å². The Kier molecular flexibility index (Phi) is 3.05. The third-order valence-corrected chi connectivity index (χ3v) is 3.13. The van der Waals surface area contributed by atoms with Crippen molar-refractivity contribution in [2.75, 3.05) is 0 Å². The van der Waals surface area contributed by atoms with Crippen LogP contribution >= 0.6 is 0 Å². The van der Waals surface area contributed by atoms with Gasteiger partial charge in [-0.3, -0.25) is 9.89 Å². The summed E-state index contributed by atoms with van der Waals surface area (Å²) in [5, 5.41) is 7.24. The Morgan fingerprint density at radius 1 is 1.00 bits per heavy atom. The van der Waals surface area contributed by atoms with Crippen molar-refractivity contribution in [1.29, 1.82) is 0 Å². The largest absolute Gasteiger partial charge is 0.366 e. The van der Waals surface area contributed by atoms with E-state index in [2.05, 4.69) is 10.2 Å². The molecule has 1 heterocycles. The molecular weight excluding hydrogens is 250 g/mol. The van der Waals surface area contributed by atoms with Crippen molar-refractivity contribution in [3.8, 4) is 22.5 Å². The van der Waals surface area contributed by atoms with E-state index in [1.165, 1.54) is 0 Å². The zero-order chi connectivity index (χ0) is 13.9. The van der Waals surface area contributed by atoms with E-state index in [0.29, 0.717) is 5.56 Å². The minimum absolute atomic E-state index is 0.448. The van der Waals surface area contributed by atoms with Crippen LogP contribution in [0.4, 0.5) is 0 Å². The highest BCUT2D eigenvalue weighted by molar-refractivity contribution is 5.99. The number of nitrogens with zero attached hydrogens (tertiary/aromatic N) is 1. The molecule has 3 aromatic rings. The Morgan fingerprint density at radius 3 is 2.45 bits per heavy atom. The van der Waals surface area contributed by atoms with Gasteiger partial charge in [0.1, 0.15) is 0 Å². The molecule has 2 aromatic carbocycles. The summed E-state index contributed by atoms with van der Waals surface area (Å²) in [6.07, 6.45) is 0. The lowest BCUT2D eigenvalue weighted by atomic mass is 10.0. The highest BCUT2D eigenvalue weighted by Crippen LogP contribution is 2.25. The van der Waals surface area contributed by atoms with Crippen LogP contribution in [0.15, 0.2) is 60.7 Å². The van der Waals surface area contributed by atoms with Gasteiger partial charge in [-0.05, 0) is 12.1 Å². The minimum Gasteiger partial charge on any atom is -0.366 e. The van der Waals surface area contributed by atoms with Crippen LogP contribution in [-0.4, -0.2) is 16.1 Å². The Morgan fingerprint density at radius 2 is 1.70 bits per heavy atom. The van der Waals surface area contributed by atoms with Crippen LogP contribution in [0.3, 0.4) is 0 Å². The molecule has 1 amide bonds. The van der Waals surface area contributed by atoms with E-state index in [1.807, 2.05) is 48.5 Å². The summed E-state index contributed by atoms with van der Waals surface area (Å²) in [4.78, 5) is 11.5. The molecule has 4 heteroatoms. The first-order valence-corrected chi connectivity index (χ1v) is 6.26. The smallest absolute Gasteiger partial charge is 0.249 e. The average Bonchev–Trinajstić information content (AvgIpc) is 2.98. The highest BCUT2D eigenvalue weighted by atomic mass is 16.1. The molecule has 1 aromatic heterocycles. The average molecular weight is 263 g/mol. The Balaban J connectivity index is 2.05. The molecule has 0 aliphatic rings. The van der Waals surface area contributed by atoms with E-state index >= 15 is 0 Å². The van der Waals surface area contributed by atoms with Gasteiger partial charge < -0.3 is 5.73 Å². The summed E-state index contributed by atoms with van der Waals surface area (Å²) in [5.74, 6) is -0.448. The number of H-pyrrole nitrogens is 1. The zero-order valence-electron chi connectivity index (χ0n) is 10.7. The molecule has 0 saturated carbocycles. The number of hydrogen-bond acceptors (Lipinski definition) is 2. The number of carbonyl (C=O) groups is 1. The molecule has 0 aliphatic heterocycles. The lowest BCUT2D eigenvalue weighted by molar-refractivity contribution is 0.100. The summed E-state index contributed by atoms with van der Waals surface area (Å²) in [7, 11) is 0. The maximum atomic E-state index is 11.5. The van der Waals surface area contributed by atoms with Crippen LogP contribution in [0, 0.1) is 0 Å². The molecule has 0 atom stereocenters. The molecule has 3 N–H and O–H groups in total. The number of aromatic amines is 1. The molecule has 0 saturated heterocycles. The van der Waals surface area contributed by atoms with E-state index in [9.17, 15) is 4.79 Å². The van der Waals surface area contributed by atoms with E-state index in [0.717, 1.165) is 22.5 Å². The van der Waals surface area contributed by atoms with Crippen molar-refractivity contribution in [2.45, 2.75) is 0 Å². The molecule has 0 bridgehead atoms. The Bertz CT molecular complexity index is 747. The molecule has 0 spiro atoms. The number of aromatic nitrogens is 2. The van der Waals surface area contributed by atoms with Crippen LogP contribution in [0.25, 0.3) is 22.5 Å². The lowest BCUT2D eigenvalue weighted by Gasteiger charge is -2.02. The second-order valence-corrected chi connectivity index (χ2v) is 4.44.